The third kappa shape index (κ3) is 4.61. The van der Waals surface area contributed by atoms with Gasteiger partial charge >= 0.3 is 0 Å². The second-order valence-electron chi connectivity index (χ2n) is 3.58. The molecule has 1 N–H and O–H groups in total. The molecule has 1 aromatic carbocycles. The predicted molar refractivity (Wildman–Crippen MR) is 71.0 cm³/mol. The van der Waals surface area contributed by atoms with Crippen LogP contribution in [0.25, 0.3) is 0 Å². The molecule has 0 aliphatic rings. The third-order valence-corrected chi connectivity index (χ3v) is 2.87. The quantitative estimate of drug-likeness (QED) is 0.863. The number of anilines is 1. The van der Waals surface area contributed by atoms with Crippen LogP contribution in [0.4, 0.5) is 5.69 Å². The van der Waals surface area contributed by atoms with Gasteiger partial charge in [-0.1, -0.05) is 12.1 Å². The molecule has 0 aliphatic carbocycles. The highest BCUT2D eigenvalue weighted by atomic mass is 127. The number of amides is 1. The summed E-state index contributed by atoms with van der Waals surface area (Å²) in [4.78, 5) is 13.5. The monoisotopic (exact) mass is 318 g/mol. The van der Waals surface area contributed by atoms with E-state index in [-0.39, 0.29) is 5.91 Å². The summed E-state index contributed by atoms with van der Waals surface area (Å²) in [7, 11) is 3.92. The Morgan fingerprint density at radius 3 is 2.67 bits per heavy atom. The molecule has 1 rings (SSSR count). The molecule has 0 unspecified atom stereocenters. The second kappa shape index (κ2) is 6.07. The van der Waals surface area contributed by atoms with E-state index in [0.29, 0.717) is 6.42 Å². The number of halogens is 1. The highest BCUT2D eigenvalue weighted by Crippen LogP contribution is 2.16. The third-order valence-electron chi connectivity index (χ3n) is 1.93. The van der Waals surface area contributed by atoms with E-state index in [1.54, 1.807) is 0 Å². The zero-order valence-corrected chi connectivity index (χ0v) is 11.1. The van der Waals surface area contributed by atoms with Crippen LogP contribution in [0.2, 0.25) is 0 Å². The van der Waals surface area contributed by atoms with Crippen LogP contribution in [0.5, 0.6) is 0 Å². The van der Waals surface area contributed by atoms with Crippen LogP contribution in [-0.2, 0) is 4.79 Å². The second-order valence-corrected chi connectivity index (χ2v) is 4.74. The summed E-state index contributed by atoms with van der Waals surface area (Å²) in [5.74, 6) is 0.0628. The first-order valence-electron chi connectivity index (χ1n) is 4.78. The summed E-state index contributed by atoms with van der Waals surface area (Å²) < 4.78 is 1.06. The Morgan fingerprint density at radius 2 is 2.07 bits per heavy atom. The van der Waals surface area contributed by atoms with Gasteiger partial charge in [-0.05, 0) is 48.8 Å². The van der Waals surface area contributed by atoms with Crippen LogP contribution in [0, 0.1) is 3.57 Å². The standard InChI is InChI=1S/C11H15IN2O/c1-14(2)8-7-11(15)13-10-6-4-3-5-9(10)12/h3-6H,7-8H2,1-2H3,(H,13,15). The lowest BCUT2D eigenvalue weighted by Crippen LogP contribution is -2.21. The summed E-state index contributed by atoms with van der Waals surface area (Å²) >= 11 is 2.21. The minimum absolute atomic E-state index is 0.0628. The summed E-state index contributed by atoms with van der Waals surface area (Å²) in [5, 5.41) is 2.89. The molecular weight excluding hydrogens is 303 g/mol. The van der Waals surface area contributed by atoms with Crippen LogP contribution in [0.3, 0.4) is 0 Å². The molecular formula is C11H15IN2O. The van der Waals surface area contributed by atoms with Crippen molar-refractivity contribution in [3.05, 3.63) is 27.8 Å². The number of rotatable bonds is 4. The first-order chi connectivity index (χ1) is 7.09. The lowest BCUT2D eigenvalue weighted by molar-refractivity contribution is -0.116. The molecule has 0 aromatic heterocycles. The Morgan fingerprint density at radius 1 is 1.40 bits per heavy atom. The first kappa shape index (κ1) is 12.4. The molecule has 0 bridgehead atoms. The van der Waals surface area contributed by atoms with Crippen molar-refractivity contribution in [1.82, 2.24) is 4.90 Å². The van der Waals surface area contributed by atoms with E-state index in [1.807, 2.05) is 43.3 Å². The molecule has 0 saturated carbocycles. The number of carbonyl (C=O) groups excluding carboxylic acids is 1. The van der Waals surface area contributed by atoms with Crippen LogP contribution in [0.1, 0.15) is 6.42 Å². The summed E-state index contributed by atoms with van der Waals surface area (Å²) in [6, 6.07) is 7.76. The molecule has 1 amide bonds. The normalized spacial score (nSPS) is 10.4. The Labute approximate surface area is 104 Å². The van der Waals surface area contributed by atoms with E-state index < -0.39 is 0 Å². The number of benzene rings is 1. The van der Waals surface area contributed by atoms with Crippen molar-refractivity contribution in [2.24, 2.45) is 0 Å². The van der Waals surface area contributed by atoms with Crippen molar-refractivity contribution >= 4 is 34.2 Å². The molecule has 1 aromatic rings. The Kier molecular flexibility index (Phi) is 5.04. The van der Waals surface area contributed by atoms with Crippen molar-refractivity contribution in [3.8, 4) is 0 Å². The SMILES string of the molecule is CN(C)CCC(=O)Nc1ccccc1I. The van der Waals surface area contributed by atoms with E-state index >= 15 is 0 Å². The molecule has 4 heteroatoms. The van der Waals surface area contributed by atoms with Crippen molar-refractivity contribution in [3.63, 3.8) is 0 Å². The molecule has 0 heterocycles. The Hall–Kier alpha value is -0.620. The summed E-state index contributed by atoms with van der Waals surface area (Å²) in [6.07, 6.45) is 0.526. The van der Waals surface area contributed by atoms with Gasteiger partial charge < -0.3 is 10.2 Å². The van der Waals surface area contributed by atoms with E-state index in [9.17, 15) is 4.79 Å². The average molecular weight is 318 g/mol. The highest BCUT2D eigenvalue weighted by molar-refractivity contribution is 14.1. The van der Waals surface area contributed by atoms with Crippen LogP contribution in [0.15, 0.2) is 24.3 Å². The predicted octanol–water partition coefficient (Wildman–Crippen LogP) is 2.18. The number of hydrogen-bond donors (Lipinski definition) is 1. The number of carbonyl (C=O) groups is 1. The van der Waals surface area contributed by atoms with Crippen LogP contribution >= 0.6 is 22.6 Å². The highest BCUT2D eigenvalue weighted by Gasteiger charge is 2.04. The molecule has 0 spiro atoms. The van der Waals surface area contributed by atoms with Crippen molar-refractivity contribution < 1.29 is 4.79 Å². The van der Waals surface area contributed by atoms with Gasteiger partial charge in [0, 0.05) is 16.5 Å². The van der Waals surface area contributed by atoms with Gasteiger partial charge in [-0.15, -0.1) is 0 Å². The average Bonchev–Trinajstić information content (AvgIpc) is 2.18. The molecule has 0 saturated heterocycles. The largest absolute Gasteiger partial charge is 0.325 e. The fourth-order valence-electron chi connectivity index (χ4n) is 1.10. The molecule has 3 nitrogen and oxygen atoms in total. The zero-order chi connectivity index (χ0) is 11.3. The number of nitrogens with zero attached hydrogens (tertiary/aromatic N) is 1. The van der Waals surface area contributed by atoms with Gasteiger partial charge in [0.15, 0.2) is 0 Å². The summed E-state index contributed by atoms with van der Waals surface area (Å²) in [5.41, 5.74) is 0.891. The molecule has 0 radical (unpaired) electrons. The van der Waals surface area contributed by atoms with E-state index in [4.69, 9.17) is 0 Å². The maximum absolute atomic E-state index is 11.5. The maximum Gasteiger partial charge on any atom is 0.225 e. The molecule has 0 aliphatic heterocycles. The van der Waals surface area contributed by atoms with Gasteiger partial charge in [0.2, 0.25) is 5.91 Å². The van der Waals surface area contributed by atoms with E-state index in [1.165, 1.54) is 0 Å². The fourth-order valence-corrected chi connectivity index (χ4v) is 1.62. The van der Waals surface area contributed by atoms with E-state index in [0.717, 1.165) is 15.8 Å². The zero-order valence-electron chi connectivity index (χ0n) is 8.96. The van der Waals surface area contributed by atoms with Crippen LogP contribution in [-0.4, -0.2) is 31.4 Å². The molecule has 0 atom stereocenters. The van der Waals surface area contributed by atoms with Gasteiger partial charge in [-0.2, -0.15) is 0 Å². The first-order valence-corrected chi connectivity index (χ1v) is 5.86. The van der Waals surface area contributed by atoms with Gasteiger partial charge in [0.1, 0.15) is 0 Å². The molecule has 0 fully saturated rings. The lowest BCUT2D eigenvalue weighted by Gasteiger charge is -2.10. The molecule has 82 valence electrons. The topological polar surface area (TPSA) is 32.3 Å². The van der Waals surface area contributed by atoms with Gasteiger partial charge in [0.05, 0.1) is 5.69 Å². The Balaban J connectivity index is 2.48. The van der Waals surface area contributed by atoms with Crippen LogP contribution < -0.4 is 5.32 Å². The fraction of sp³-hybridized carbons (Fsp3) is 0.364. The maximum atomic E-state index is 11.5. The smallest absolute Gasteiger partial charge is 0.225 e. The number of nitrogens with one attached hydrogen (secondary N) is 1. The minimum atomic E-state index is 0.0628. The number of hydrogen-bond acceptors (Lipinski definition) is 2. The minimum Gasteiger partial charge on any atom is -0.325 e. The lowest BCUT2D eigenvalue weighted by atomic mass is 10.3. The van der Waals surface area contributed by atoms with Gasteiger partial charge in [-0.25, -0.2) is 0 Å². The number of para-hydroxylation sites is 1. The van der Waals surface area contributed by atoms with E-state index in [2.05, 4.69) is 27.9 Å². The van der Waals surface area contributed by atoms with Crippen molar-refractivity contribution in [2.75, 3.05) is 26.0 Å². The van der Waals surface area contributed by atoms with Crippen molar-refractivity contribution in [1.29, 1.82) is 0 Å². The summed E-state index contributed by atoms with van der Waals surface area (Å²) in [6.45, 7) is 0.773. The molecule has 15 heavy (non-hydrogen) atoms. The van der Waals surface area contributed by atoms with Crippen molar-refractivity contribution in [2.45, 2.75) is 6.42 Å². The van der Waals surface area contributed by atoms with Gasteiger partial charge in [-0.3, -0.25) is 4.79 Å². The Bertz CT molecular complexity index is 339. The van der Waals surface area contributed by atoms with Gasteiger partial charge in [0.25, 0.3) is 0 Å².